The summed E-state index contributed by atoms with van der Waals surface area (Å²) in [6, 6.07) is 7.69. The molecule has 0 bridgehead atoms. The molecule has 0 saturated carbocycles. The molecule has 1 fully saturated rings. The van der Waals surface area contributed by atoms with E-state index in [1.54, 1.807) is 14.1 Å². The molecule has 0 aliphatic carbocycles. The van der Waals surface area contributed by atoms with Crippen molar-refractivity contribution in [3.05, 3.63) is 35.4 Å². The normalized spacial score (nSPS) is 15.7. The van der Waals surface area contributed by atoms with Crippen LogP contribution in [0.2, 0.25) is 0 Å². The smallest absolute Gasteiger partial charge is 0.251 e. The zero-order valence-corrected chi connectivity index (χ0v) is 15.2. The summed E-state index contributed by atoms with van der Waals surface area (Å²) in [7, 11) is 3.42. The van der Waals surface area contributed by atoms with Gasteiger partial charge in [0.15, 0.2) is 5.96 Å². The third-order valence-corrected chi connectivity index (χ3v) is 4.17. The topological polar surface area (TPSA) is 78.0 Å². The van der Waals surface area contributed by atoms with Gasteiger partial charge in [0.05, 0.1) is 13.2 Å². The van der Waals surface area contributed by atoms with Crippen LogP contribution < -0.4 is 16.0 Å². The maximum absolute atomic E-state index is 11.7. The number of guanidine groups is 1. The third-order valence-electron chi connectivity index (χ3n) is 4.17. The summed E-state index contributed by atoms with van der Waals surface area (Å²) in [6.45, 7) is 6.23. The summed E-state index contributed by atoms with van der Waals surface area (Å²) < 4.78 is 5.35. The molecule has 3 N–H and O–H groups in total. The van der Waals surface area contributed by atoms with Gasteiger partial charge in [-0.25, -0.2) is 0 Å². The Bertz CT molecular complexity index is 570. The first-order valence-corrected chi connectivity index (χ1v) is 8.78. The fraction of sp³-hybridized carbons (Fsp3) is 0.556. The van der Waals surface area contributed by atoms with Crippen LogP contribution in [0, 0.1) is 0 Å². The van der Waals surface area contributed by atoms with Crippen LogP contribution in [0.1, 0.15) is 15.9 Å². The summed E-state index contributed by atoms with van der Waals surface area (Å²) in [5.74, 6) is 0.742. The molecule has 138 valence electrons. The van der Waals surface area contributed by atoms with Crippen LogP contribution >= 0.6 is 0 Å². The molecular formula is C18H29N5O2. The van der Waals surface area contributed by atoms with Crippen molar-refractivity contribution in [2.75, 3.05) is 60.0 Å². The summed E-state index contributed by atoms with van der Waals surface area (Å²) in [5, 5.41) is 9.29. The van der Waals surface area contributed by atoms with E-state index in [1.165, 1.54) is 0 Å². The molecule has 2 rings (SSSR count). The van der Waals surface area contributed by atoms with Crippen LogP contribution in [0.15, 0.2) is 29.3 Å². The fourth-order valence-electron chi connectivity index (χ4n) is 2.72. The van der Waals surface area contributed by atoms with Gasteiger partial charge in [-0.3, -0.25) is 14.7 Å². The Hall–Kier alpha value is -2.12. The van der Waals surface area contributed by atoms with Crippen LogP contribution in [-0.2, 0) is 11.2 Å². The lowest BCUT2D eigenvalue weighted by molar-refractivity contribution is 0.0389. The SMILES string of the molecule is CN=C(NCCc1cccc(C(=O)NC)c1)NCCN1CCOCC1. The molecule has 1 heterocycles. The number of rotatable bonds is 7. The van der Waals surface area contributed by atoms with Crippen molar-refractivity contribution < 1.29 is 9.53 Å². The van der Waals surface area contributed by atoms with Gasteiger partial charge in [0.1, 0.15) is 0 Å². The van der Waals surface area contributed by atoms with Crippen molar-refractivity contribution >= 4 is 11.9 Å². The highest BCUT2D eigenvalue weighted by atomic mass is 16.5. The number of hydrogen-bond donors (Lipinski definition) is 3. The number of carbonyl (C=O) groups is 1. The van der Waals surface area contributed by atoms with Crippen molar-refractivity contribution in [2.24, 2.45) is 4.99 Å². The van der Waals surface area contributed by atoms with E-state index in [0.29, 0.717) is 5.56 Å². The number of ether oxygens (including phenoxy) is 1. The Morgan fingerprint density at radius 3 is 2.72 bits per heavy atom. The van der Waals surface area contributed by atoms with Gasteiger partial charge in [-0.05, 0) is 24.1 Å². The molecule has 1 aromatic rings. The standard InChI is InChI=1S/C18H29N5O2/c1-19-17(24)16-5-3-4-15(14-16)6-7-21-18(20-2)22-8-9-23-10-12-25-13-11-23/h3-5,14H,6-13H2,1-2H3,(H,19,24)(H2,20,21,22). The molecule has 7 nitrogen and oxygen atoms in total. The van der Waals surface area contributed by atoms with Gasteiger partial charge in [0.25, 0.3) is 5.91 Å². The minimum Gasteiger partial charge on any atom is -0.379 e. The zero-order chi connectivity index (χ0) is 17.9. The predicted octanol–water partition coefficient (Wildman–Crippen LogP) is 0.0859. The van der Waals surface area contributed by atoms with Crippen LogP contribution in [-0.4, -0.2) is 76.8 Å². The first kappa shape index (κ1) is 19.2. The van der Waals surface area contributed by atoms with Crippen LogP contribution in [0.5, 0.6) is 0 Å². The van der Waals surface area contributed by atoms with Crippen LogP contribution in [0.3, 0.4) is 0 Å². The first-order valence-electron chi connectivity index (χ1n) is 8.78. The molecule has 1 saturated heterocycles. The van der Waals surface area contributed by atoms with E-state index < -0.39 is 0 Å². The molecule has 1 aliphatic rings. The maximum Gasteiger partial charge on any atom is 0.251 e. The molecule has 0 aromatic heterocycles. The van der Waals surface area contributed by atoms with Gasteiger partial charge in [-0.2, -0.15) is 0 Å². The average Bonchev–Trinajstić information content (AvgIpc) is 2.67. The second-order valence-electron chi connectivity index (χ2n) is 5.91. The Labute approximate surface area is 149 Å². The lowest BCUT2D eigenvalue weighted by Crippen LogP contribution is -2.44. The average molecular weight is 347 g/mol. The Balaban J connectivity index is 1.69. The minimum atomic E-state index is -0.0598. The van der Waals surface area contributed by atoms with Crippen molar-refractivity contribution in [3.63, 3.8) is 0 Å². The Morgan fingerprint density at radius 1 is 1.24 bits per heavy atom. The summed E-state index contributed by atoms with van der Waals surface area (Å²) in [5.41, 5.74) is 1.81. The van der Waals surface area contributed by atoms with Gasteiger partial charge in [0, 0.05) is 52.4 Å². The number of morpholine rings is 1. The largest absolute Gasteiger partial charge is 0.379 e. The van der Waals surface area contributed by atoms with Crippen molar-refractivity contribution in [3.8, 4) is 0 Å². The second kappa shape index (κ2) is 10.7. The highest BCUT2D eigenvalue weighted by Crippen LogP contribution is 2.05. The van der Waals surface area contributed by atoms with Gasteiger partial charge in [-0.15, -0.1) is 0 Å². The number of nitrogens with one attached hydrogen (secondary N) is 3. The zero-order valence-electron chi connectivity index (χ0n) is 15.2. The third kappa shape index (κ3) is 6.72. The van der Waals surface area contributed by atoms with Gasteiger partial charge >= 0.3 is 0 Å². The number of nitrogens with zero attached hydrogens (tertiary/aromatic N) is 2. The molecule has 0 unspecified atom stereocenters. The maximum atomic E-state index is 11.7. The van der Waals surface area contributed by atoms with Crippen molar-refractivity contribution in [2.45, 2.75) is 6.42 Å². The van der Waals surface area contributed by atoms with Gasteiger partial charge in [-0.1, -0.05) is 12.1 Å². The van der Waals surface area contributed by atoms with Crippen LogP contribution in [0.25, 0.3) is 0 Å². The highest BCUT2D eigenvalue weighted by Gasteiger charge is 2.09. The van der Waals surface area contributed by atoms with E-state index in [9.17, 15) is 4.79 Å². The van der Waals surface area contributed by atoms with E-state index in [2.05, 4.69) is 25.8 Å². The number of carbonyl (C=O) groups excluding carboxylic acids is 1. The number of hydrogen-bond acceptors (Lipinski definition) is 4. The quantitative estimate of drug-likeness (QED) is 0.481. The Morgan fingerprint density at radius 2 is 2.00 bits per heavy atom. The van der Waals surface area contributed by atoms with Crippen molar-refractivity contribution in [1.29, 1.82) is 0 Å². The van der Waals surface area contributed by atoms with Crippen LogP contribution in [0.4, 0.5) is 0 Å². The molecule has 0 radical (unpaired) electrons. The summed E-state index contributed by atoms with van der Waals surface area (Å²) in [4.78, 5) is 18.3. The fourth-order valence-corrected chi connectivity index (χ4v) is 2.72. The highest BCUT2D eigenvalue weighted by molar-refractivity contribution is 5.94. The second-order valence-corrected chi connectivity index (χ2v) is 5.91. The lowest BCUT2D eigenvalue weighted by atomic mass is 10.1. The van der Waals surface area contributed by atoms with Gasteiger partial charge < -0.3 is 20.7 Å². The van der Waals surface area contributed by atoms with E-state index in [1.807, 2.05) is 24.3 Å². The van der Waals surface area contributed by atoms with E-state index in [4.69, 9.17) is 4.74 Å². The van der Waals surface area contributed by atoms with E-state index >= 15 is 0 Å². The number of amides is 1. The molecule has 1 aromatic carbocycles. The molecule has 25 heavy (non-hydrogen) atoms. The predicted molar refractivity (Wildman–Crippen MR) is 100 cm³/mol. The first-order chi connectivity index (χ1) is 12.2. The molecule has 7 heteroatoms. The molecule has 0 spiro atoms. The summed E-state index contributed by atoms with van der Waals surface area (Å²) in [6.07, 6.45) is 0.828. The van der Waals surface area contributed by atoms with Crippen molar-refractivity contribution in [1.82, 2.24) is 20.9 Å². The van der Waals surface area contributed by atoms with E-state index in [-0.39, 0.29) is 5.91 Å². The number of benzene rings is 1. The van der Waals surface area contributed by atoms with Gasteiger partial charge in [0.2, 0.25) is 0 Å². The Kier molecular flexibility index (Phi) is 8.21. The molecule has 0 atom stereocenters. The number of aliphatic imine (C=N–C) groups is 1. The lowest BCUT2D eigenvalue weighted by Gasteiger charge is -2.26. The van der Waals surface area contributed by atoms with E-state index in [0.717, 1.165) is 63.9 Å². The molecule has 1 aliphatic heterocycles. The monoisotopic (exact) mass is 347 g/mol. The molecular weight excluding hydrogens is 318 g/mol. The minimum absolute atomic E-state index is 0.0598. The molecule has 1 amide bonds. The summed E-state index contributed by atoms with van der Waals surface area (Å²) >= 11 is 0.